The highest BCUT2D eigenvalue weighted by Gasteiger charge is 2.32. The van der Waals surface area contributed by atoms with Gasteiger partial charge in [-0.2, -0.15) is 13.2 Å². The van der Waals surface area contributed by atoms with Gasteiger partial charge in [-0.15, -0.1) is 0 Å². The summed E-state index contributed by atoms with van der Waals surface area (Å²) >= 11 is 0. The van der Waals surface area contributed by atoms with Crippen LogP contribution in [0.2, 0.25) is 0 Å². The summed E-state index contributed by atoms with van der Waals surface area (Å²) in [6.07, 6.45) is -4.46. The minimum atomic E-state index is -4.46. The highest BCUT2D eigenvalue weighted by Crippen LogP contribution is 2.31. The molecule has 0 heterocycles. The van der Waals surface area contributed by atoms with Crippen LogP contribution in [0, 0.1) is 18.8 Å². The van der Waals surface area contributed by atoms with E-state index in [-0.39, 0.29) is 18.7 Å². The normalized spacial score (nSPS) is 10.6. The van der Waals surface area contributed by atoms with Crippen LogP contribution < -0.4 is 10.1 Å². The Morgan fingerprint density at radius 3 is 2.64 bits per heavy atom. The molecule has 130 valence electrons. The van der Waals surface area contributed by atoms with Crippen molar-refractivity contribution in [1.29, 1.82) is 0 Å². The highest BCUT2D eigenvalue weighted by molar-refractivity contribution is 5.77. The van der Waals surface area contributed by atoms with E-state index in [0.717, 1.165) is 11.6 Å². The Kier molecular flexibility index (Phi) is 6.07. The maximum absolute atomic E-state index is 12.8. The lowest BCUT2D eigenvalue weighted by atomic mass is 10.1. The second kappa shape index (κ2) is 8.25. The highest BCUT2D eigenvalue weighted by atomic mass is 19.4. The van der Waals surface area contributed by atoms with Crippen LogP contribution in [-0.2, 0) is 11.0 Å². The summed E-state index contributed by atoms with van der Waals surface area (Å²) in [7, 11) is 0. The van der Waals surface area contributed by atoms with Crippen LogP contribution in [0.25, 0.3) is 0 Å². The summed E-state index contributed by atoms with van der Waals surface area (Å²) < 4.78 is 43.8. The third kappa shape index (κ3) is 5.88. The summed E-state index contributed by atoms with van der Waals surface area (Å²) in [5.41, 5.74) is 0.0870. The van der Waals surface area contributed by atoms with Crippen molar-refractivity contribution in [2.24, 2.45) is 0 Å². The molecule has 0 bridgehead atoms. The minimum absolute atomic E-state index is 0.0673. The lowest BCUT2D eigenvalue weighted by molar-refractivity contribution is -0.137. The van der Waals surface area contributed by atoms with E-state index in [0.29, 0.717) is 5.75 Å². The predicted octanol–water partition coefficient (Wildman–Crippen LogP) is 3.56. The lowest BCUT2D eigenvalue weighted by Crippen LogP contribution is -2.29. The van der Waals surface area contributed by atoms with Gasteiger partial charge >= 0.3 is 6.18 Å². The van der Waals surface area contributed by atoms with Crippen molar-refractivity contribution in [2.45, 2.75) is 13.1 Å². The predicted molar refractivity (Wildman–Crippen MR) is 88.0 cm³/mol. The Morgan fingerprint density at radius 1 is 1.16 bits per heavy atom. The first-order chi connectivity index (χ1) is 11.9. The number of alkyl halides is 3. The maximum atomic E-state index is 12.8. The number of ether oxygens (including phenoxy) is 1. The Balaban J connectivity index is 1.85. The first-order valence-corrected chi connectivity index (χ1v) is 7.47. The van der Waals surface area contributed by atoms with Crippen molar-refractivity contribution in [3.63, 3.8) is 0 Å². The molecule has 1 amide bonds. The van der Waals surface area contributed by atoms with Crippen LogP contribution in [0.1, 0.15) is 16.7 Å². The molecule has 0 aliphatic carbocycles. The van der Waals surface area contributed by atoms with Crippen LogP contribution in [0.3, 0.4) is 0 Å². The fraction of sp³-hybridized carbons (Fsp3) is 0.211. The smallest absolute Gasteiger partial charge is 0.417 e. The summed E-state index contributed by atoms with van der Waals surface area (Å²) in [5, 5.41) is 2.48. The number of halogens is 3. The average molecular weight is 347 g/mol. The Labute approximate surface area is 143 Å². The zero-order valence-electron chi connectivity index (χ0n) is 13.5. The third-order valence-corrected chi connectivity index (χ3v) is 3.19. The number of carbonyl (C=O) groups is 1. The molecule has 2 rings (SSSR count). The quantitative estimate of drug-likeness (QED) is 0.859. The van der Waals surface area contributed by atoms with Crippen LogP contribution in [0.15, 0.2) is 48.5 Å². The van der Waals surface area contributed by atoms with Crippen LogP contribution in [-0.4, -0.2) is 19.1 Å². The van der Waals surface area contributed by atoms with Gasteiger partial charge in [0.15, 0.2) is 6.61 Å². The van der Waals surface area contributed by atoms with Gasteiger partial charge in [0.05, 0.1) is 12.1 Å². The van der Waals surface area contributed by atoms with Crippen LogP contribution in [0.5, 0.6) is 5.75 Å². The van der Waals surface area contributed by atoms with Gasteiger partial charge < -0.3 is 10.1 Å². The van der Waals surface area contributed by atoms with Gasteiger partial charge in [0, 0.05) is 5.56 Å². The molecule has 0 aliphatic heterocycles. The molecule has 3 nitrogen and oxygen atoms in total. The molecule has 0 atom stereocenters. The lowest BCUT2D eigenvalue weighted by Gasteiger charge is -2.08. The molecule has 0 fully saturated rings. The molecule has 1 N–H and O–H groups in total. The largest absolute Gasteiger partial charge is 0.484 e. The van der Waals surface area contributed by atoms with Crippen molar-refractivity contribution >= 4 is 5.91 Å². The van der Waals surface area contributed by atoms with E-state index < -0.39 is 17.6 Å². The number of nitrogens with one attached hydrogen (secondary N) is 1. The Hall–Kier alpha value is -2.94. The monoisotopic (exact) mass is 347 g/mol. The number of carbonyl (C=O) groups excluding carboxylic acids is 1. The zero-order chi connectivity index (χ0) is 18.3. The topological polar surface area (TPSA) is 38.3 Å². The molecular weight excluding hydrogens is 331 g/mol. The number of rotatable bonds is 4. The molecule has 0 radical (unpaired) electrons. The summed E-state index contributed by atoms with van der Waals surface area (Å²) in [6, 6.07) is 12.3. The molecule has 0 aliphatic rings. The Morgan fingerprint density at radius 2 is 1.92 bits per heavy atom. The number of benzene rings is 2. The molecule has 2 aromatic rings. The molecule has 2 aromatic carbocycles. The number of hydrogen-bond donors (Lipinski definition) is 1. The molecule has 0 unspecified atom stereocenters. The minimum Gasteiger partial charge on any atom is -0.484 e. The molecule has 0 saturated carbocycles. The SMILES string of the molecule is Cc1cccc(OCC(=O)NCC#Cc2ccccc2C(F)(F)F)c1. The van der Waals surface area contributed by atoms with Gasteiger partial charge in [-0.3, -0.25) is 4.79 Å². The number of hydrogen-bond acceptors (Lipinski definition) is 2. The van der Waals surface area contributed by atoms with E-state index in [4.69, 9.17) is 4.74 Å². The van der Waals surface area contributed by atoms with Crippen molar-refractivity contribution in [2.75, 3.05) is 13.2 Å². The number of amides is 1. The zero-order valence-corrected chi connectivity index (χ0v) is 13.5. The molecule has 6 heteroatoms. The molecule has 0 spiro atoms. The van der Waals surface area contributed by atoms with Gasteiger partial charge in [-0.25, -0.2) is 0 Å². The molecular formula is C19H16F3NO2. The first kappa shape index (κ1) is 18.4. The summed E-state index contributed by atoms with van der Waals surface area (Å²) in [5.74, 6) is 5.11. The van der Waals surface area contributed by atoms with E-state index in [1.54, 1.807) is 12.1 Å². The van der Waals surface area contributed by atoms with E-state index in [2.05, 4.69) is 17.2 Å². The van der Waals surface area contributed by atoms with E-state index in [1.165, 1.54) is 18.2 Å². The first-order valence-electron chi connectivity index (χ1n) is 7.47. The summed E-state index contributed by atoms with van der Waals surface area (Å²) in [6.45, 7) is 1.65. The third-order valence-electron chi connectivity index (χ3n) is 3.19. The van der Waals surface area contributed by atoms with Gasteiger partial charge in [-0.05, 0) is 36.8 Å². The van der Waals surface area contributed by atoms with Crippen LogP contribution in [0.4, 0.5) is 13.2 Å². The van der Waals surface area contributed by atoms with Gasteiger partial charge in [0.1, 0.15) is 5.75 Å². The van der Waals surface area contributed by atoms with Crippen molar-refractivity contribution in [3.05, 3.63) is 65.2 Å². The van der Waals surface area contributed by atoms with E-state index >= 15 is 0 Å². The van der Waals surface area contributed by atoms with Gasteiger partial charge in [0.2, 0.25) is 0 Å². The second-order valence-corrected chi connectivity index (χ2v) is 5.23. The molecule has 25 heavy (non-hydrogen) atoms. The van der Waals surface area contributed by atoms with E-state index in [9.17, 15) is 18.0 Å². The molecule has 0 aromatic heterocycles. The summed E-state index contributed by atoms with van der Waals surface area (Å²) in [4.78, 5) is 11.7. The number of aryl methyl sites for hydroxylation is 1. The average Bonchev–Trinajstić information content (AvgIpc) is 2.56. The molecule has 0 saturated heterocycles. The van der Waals surface area contributed by atoms with Crippen molar-refractivity contribution in [1.82, 2.24) is 5.32 Å². The standard InChI is InChI=1S/C19H16F3NO2/c1-14-6-4-9-16(12-14)25-13-18(24)23-11-5-8-15-7-2-3-10-17(15)19(20,21)22/h2-4,6-7,9-10,12H,11,13H2,1H3,(H,23,24). The van der Waals surface area contributed by atoms with Gasteiger partial charge in [0.25, 0.3) is 5.91 Å². The second-order valence-electron chi connectivity index (χ2n) is 5.23. The fourth-order valence-corrected chi connectivity index (χ4v) is 2.03. The van der Waals surface area contributed by atoms with Gasteiger partial charge in [-0.1, -0.05) is 36.1 Å². The van der Waals surface area contributed by atoms with Crippen molar-refractivity contribution < 1.29 is 22.7 Å². The van der Waals surface area contributed by atoms with Crippen molar-refractivity contribution in [3.8, 4) is 17.6 Å². The maximum Gasteiger partial charge on any atom is 0.417 e. The van der Waals surface area contributed by atoms with E-state index in [1.807, 2.05) is 19.1 Å². The fourth-order valence-electron chi connectivity index (χ4n) is 2.03. The van der Waals surface area contributed by atoms with Crippen LogP contribution >= 0.6 is 0 Å². The Bertz CT molecular complexity index is 804.